The van der Waals surface area contributed by atoms with Gasteiger partial charge < -0.3 is 15.2 Å². The molecule has 0 aromatic rings. The number of ether oxygens (including phenoxy) is 1. The fourth-order valence-electron chi connectivity index (χ4n) is 2.75. The molecule has 0 aromatic heterocycles. The van der Waals surface area contributed by atoms with Crippen LogP contribution in [-0.2, 0) is 9.53 Å². The molecule has 0 aromatic carbocycles. The lowest BCUT2D eigenvalue weighted by molar-refractivity contribution is -0.155. The van der Waals surface area contributed by atoms with Crippen molar-refractivity contribution in [2.75, 3.05) is 6.54 Å². The summed E-state index contributed by atoms with van der Waals surface area (Å²) in [7, 11) is 0. The molecule has 1 rings (SSSR count). The summed E-state index contributed by atoms with van der Waals surface area (Å²) in [5, 5.41) is 12.3. The number of amides is 1. The second kappa shape index (κ2) is 6.46. The van der Waals surface area contributed by atoms with Crippen LogP contribution in [0.25, 0.3) is 0 Å². The number of carboxylic acids is 1. The number of alkyl carbamates (subject to hydrolysis) is 1. The molecule has 5 nitrogen and oxygen atoms in total. The van der Waals surface area contributed by atoms with Crippen molar-refractivity contribution in [3.05, 3.63) is 0 Å². The number of hydrogen-bond donors (Lipinski definition) is 2. The van der Waals surface area contributed by atoms with Gasteiger partial charge in [-0.25, -0.2) is 4.79 Å². The van der Waals surface area contributed by atoms with E-state index in [9.17, 15) is 14.7 Å². The van der Waals surface area contributed by atoms with Crippen molar-refractivity contribution < 1.29 is 19.4 Å². The largest absolute Gasteiger partial charge is 0.481 e. The Bertz CT molecular complexity index is 357. The summed E-state index contributed by atoms with van der Waals surface area (Å²) in [6.45, 7) is 7.48. The van der Waals surface area contributed by atoms with E-state index in [1.165, 1.54) is 0 Å². The number of nitrogens with one attached hydrogen (secondary N) is 1. The zero-order chi connectivity index (χ0) is 15.4. The average Bonchev–Trinajstić information content (AvgIpc) is 2.20. The van der Waals surface area contributed by atoms with Crippen LogP contribution in [0.3, 0.4) is 0 Å². The maximum absolute atomic E-state index is 11.8. The van der Waals surface area contributed by atoms with E-state index in [-0.39, 0.29) is 12.5 Å². The molecule has 0 bridgehead atoms. The van der Waals surface area contributed by atoms with E-state index in [1.807, 2.05) is 6.92 Å². The highest BCUT2D eigenvalue weighted by Crippen LogP contribution is 2.45. The predicted molar refractivity (Wildman–Crippen MR) is 76.6 cm³/mol. The molecule has 2 N–H and O–H groups in total. The molecular formula is C15H27NO4. The van der Waals surface area contributed by atoms with Gasteiger partial charge in [0.05, 0.1) is 5.41 Å². The maximum atomic E-state index is 11.8. The monoisotopic (exact) mass is 285 g/mol. The molecule has 116 valence electrons. The molecule has 0 aliphatic heterocycles. The summed E-state index contributed by atoms with van der Waals surface area (Å²) in [4.78, 5) is 23.5. The number of carbonyl (C=O) groups excluding carboxylic acids is 1. The highest BCUT2D eigenvalue weighted by molar-refractivity contribution is 5.77. The van der Waals surface area contributed by atoms with Crippen molar-refractivity contribution in [1.82, 2.24) is 5.32 Å². The Morgan fingerprint density at radius 1 is 1.30 bits per heavy atom. The van der Waals surface area contributed by atoms with Crippen LogP contribution < -0.4 is 5.32 Å². The minimum absolute atomic E-state index is 0.149. The third-order valence-corrected chi connectivity index (χ3v) is 3.96. The first-order valence-electron chi connectivity index (χ1n) is 7.41. The van der Waals surface area contributed by atoms with E-state index in [2.05, 4.69) is 5.32 Å². The van der Waals surface area contributed by atoms with Crippen LogP contribution in [0.15, 0.2) is 0 Å². The lowest BCUT2D eigenvalue weighted by Gasteiger charge is -2.42. The van der Waals surface area contributed by atoms with Crippen molar-refractivity contribution in [1.29, 1.82) is 0 Å². The number of carbonyl (C=O) groups is 2. The zero-order valence-electron chi connectivity index (χ0n) is 13.0. The van der Waals surface area contributed by atoms with Gasteiger partial charge in [-0.3, -0.25) is 4.79 Å². The number of aliphatic carboxylic acids is 1. The first kappa shape index (κ1) is 16.8. The van der Waals surface area contributed by atoms with Gasteiger partial charge in [-0.05, 0) is 46.0 Å². The SMILES string of the molecule is CCCC(CNC(=O)OC(C)(C)C)(C(=O)O)C1CCC1. The van der Waals surface area contributed by atoms with Gasteiger partial charge in [0.15, 0.2) is 0 Å². The van der Waals surface area contributed by atoms with E-state index in [0.29, 0.717) is 6.42 Å². The average molecular weight is 285 g/mol. The summed E-state index contributed by atoms with van der Waals surface area (Å²) in [6, 6.07) is 0. The highest BCUT2D eigenvalue weighted by atomic mass is 16.6. The van der Waals surface area contributed by atoms with Gasteiger partial charge in [0.1, 0.15) is 5.60 Å². The second-order valence-corrected chi connectivity index (χ2v) is 6.69. The topological polar surface area (TPSA) is 75.6 Å². The molecule has 5 heteroatoms. The normalized spacial score (nSPS) is 18.8. The van der Waals surface area contributed by atoms with Crippen LogP contribution in [0.5, 0.6) is 0 Å². The summed E-state index contributed by atoms with van der Waals surface area (Å²) < 4.78 is 5.18. The molecule has 0 heterocycles. The summed E-state index contributed by atoms with van der Waals surface area (Å²) in [5.74, 6) is -0.644. The maximum Gasteiger partial charge on any atom is 0.407 e. The first-order valence-corrected chi connectivity index (χ1v) is 7.41. The van der Waals surface area contributed by atoms with Gasteiger partial charge in [0.25, 0.3) is 0 Å². The molecule has 1 saturated carbocycles. The van der Waals surface area contributed by atoms with Crippen LogP contribution in [0, 0.1) is 11.3 Å². The fraction of sp³-hybridized carbons (Fsp3) is 0.867. The smallest absolute Gasteiger partial charge is 0.407 e. The van der Waals surface area contributed by atoms with Crippen molar-refractivity contribution in [3.8, 4) is 0 Å². The van der Waals surface area contributed by atoms with E-state index < -0.39 is 23.1 Å². The number of rotatable bonds is 6. The first-order chi connectivity index (χ1) is 9.21. The molecule has 1 aliphatic carbocycles. The van der Waals surface area contributed by atoms with Gasteiger partial charge in [-0.15, -0.1) is 0 Å². The van der Waals surface area contributed by atoms with Gasteiger partial charge in [0, 0.05) is 6.54 Å². The molecule has 1 unspecified atom stereocenters. The Kier molecular flexibility index (Phi) is 5.42. The zero-order valence-corrected chi connectivity index (χ0v) is 13.0. The van der Waals surface area contributed by atoms with Crippen molar-refractivity contribution >= 4 is 12.1 Å². The van der Waals surface area contributed by atoms with E-state index in [1.54, 1.807) is 20.8 Å². The molecule has 1 fully saturated rings. The van der Waals surface area contributed by atoms with Crippen LogP contribution in [0.2, 0.25) is 0 Å². The molecule has 0 radical (unpaired) electrons. The number of carboxylic acid groups (broad SMARTS) is 1. The molecule has 0 saturated heterocycles. The Labute approximate surface area is 121 Å². The third-order valence-electron chi connectivity index (χ3n) is 3.96. The number of hydrogen-bond acceptors (Lipinski definition) is 3. The fourth-order valence-corrected chi connectivity index (χ4v) is 2.75. The van der Waals surface area contributed by atoms with Crippen LogP contribution >= 0.6 is 0 Å². The minimum atomic E-state index is -0.843. The van der Waals surface area contributed by atoms with Crippen LogP contribution in [-0.4, -0.2) is 29.3 Å². The Hall–Kier alpha value is -1.26. The van der Waals surface area contributed by atoms with E-state index >= 15 is 0 Å². The summed E-state index contributed by atoms with van der Waals surface area (Å²) in [5.41, 5.74) is -1.42. The van der Waals surface area contributed by atoms with Crippen molar-refractivity contribution in [2.24, 2.45) is 11.3 Å². The molecule has 1 atom stereocenters. The van der Waals surface area contributed by atoms with E-state index in [4.69, 9.17) is 4.74 Å². The highest BCUT2D eigenvalue weighted by Gasteiger charge is 2.47. The predicted octanol–water partition coefficient (Wildman–Crippen LogP) is 3.18. The lowest BCUT2D eigenvalue weighted by atomic mass is 9.63. The second-order valence-electron chi connectivity index (χ2n) is 6.69. The Morgan fingerprint density at radius 3 is 2.25 bits per heavy atom. The quantitative estimate of drug-likeness (QED) is 0.786. The third kappa shape index (κ3) is 4.12. The van der Waals surface area contributed by atoms with Gasteiger partial charge >= 0.3 is 12.1 Å². The van der Waals surface area contributed by atoms with Gasteiger partial charge in [-0.2, -0.15) is 0 Å². The van der Waals surface area contributed by atoms with Crippen LogP contribution in [0.4, 0.5) is 4.79 Å². The molecule has 1 aliphatic rings. The summed E-state index contributed by atoms with van der Waals surface area (Å²) in [6.07, 6.45) is 3.78. The summed E-state index contributed by atoms with van der Waals surface area (Å²) >= 11 is 0. The van der Waals surface area contributed by atoms with Crippen molar-refractivity contribution in [3.63, 3.8) is 0 Å². The van der Waals surface area contributed by atoms with Gasteiger partial charge in [-0.1, -0.05) is 19.8 Å². The molecule has 1 amide bonds. The van der Waals surface area contributed by atoms with Crippen LogP contribution in [0.1, 0.15) is 59.8 Å². The Morgan fingerprint density at radius 2 is 1.90 bits per heavy atom. The standard InChI is InChI=1S/C15H27NO4/c1-5-9-15(12(17)18,11-7-6-8-11)10-16-13(19)20-14(2,3)4/h11H,5-10H2,1-4H3,(H,16,19)(H,17,18). The lowest BCUT2D eigenvalue weighted by Crippen LogP contribution is -2.50. The van der Waals surface area contributed by atoms with E-state index in [0.717, 1.165) is 25.7 Å². The van der Waals surface area contributed by atoms with Crippen molar-refractivity contribution in [2.45, 2.75) is 65.4 Å². The molecular weight excluding hydrogens is 258 g/mol. The Balaban J connectivity index is 2.69. The molecule has 20 heavy (non-hydrogen) atoms. The van der Waals surface area contributed by atoms with Gasteiger partial charge in [0.2, 0.25) is 0 Å². The minimum Gasteiger partial charge on any atom is -0.481 e. The molecule has 0 spiro atoms.